The smallest absolute Gasteiger partial charge is 0.243 e. The molecule has 0 unspecified atom stereocenters. The Kier molecular flexibility index (Phi) is 4.38. The fourth-order valence-electron chi connectivity index (χ4n) is 2.55. The third-order valence-electron chi connectivity index (χ3n) is 3.59. The van der Waals surface area contributed by atoms with Crippen molar-refractivity contribution < 1.29 is 4.74 Å². The van der Waals surface area contributed by atoms with E-state index in [0.717, 1.165) is 12.2 Å². The van der Waals surface area contributed by atoms with Gasteiger partial charge in [0.15, 0.2) is 5.65 Å². The number of nitrogens with one attached hydrogen (secondary N) is 1. The number of nitrogens with zero attached hydrogens (tertiary/aromatic N) is 3. The number of hydrogen-bond acceptors (Lipinski definition) is 4. The molecule has 1 saturated carbocycles. The Hall–Kier alpha value is -1.33. The van der Waals surface area contributed by atoms with E-state index in [1.54, 1.807) is 10.7 Å². The molecule has 0 aromatic carbocycles. The van der Waals surface area contributed by atoms with Gasteiger partial charge in [-0.15, -0.1) is 5.10 Å². The van der Waals surface area contributed by atoms with Crippen molar-refractivity contribution in [1.82, 2.24) is 14.6 Å². The molecule has 2 aromatic rings. The molecule has 3 rings (SSSR count). The van der Waals surface area contributed by atoms with Crippen LogP contribution in [-0.2, 0) is 4.74 Å². The van der Waals surface area contributed by atoms with Crippen LogP contribution in [0.15, 0.2) is 18.3 Å². The van der Waals surface area contributed by atoms with Crippen LogP contribution in [0.1, 0.15) is 32.1 Å². The van der Waals surface area contributed by atoms with Crippen LogP contribution in [0.4, 0.5) is 5.95 Å². The number of anilines is 1. The highest BCUT2D eigenvalue weighted by Gasteiger charge is 2.13. The third-order valence-corrected chi connectivity index (χ3v) is 3.81. The van der Waals surface area contributed by atoms with Crippen molar-refractivity contribution in [2.45, 2.75) is 38.2 Å². The van der Waals surface area contributed by atoms with Gasteiger partial charge >= 0.3 is 0 Å². The molecule has 5 nitrogen and oxygen atoms in total. The molecule has 0 amide bonds. The summed E-state index contributed by atoms with van der Waals surface area (Å²) in [5.74, 6) is 0.611. The first kappa shape index (κ1) is 13.6. The van der Waals surface area contributed by atoms with Crippen molar-refractivity contribution in [3.05, 3.63) is 23.4 Å². The number of halogens is 1. The van der Waals surface area contributed by atoms with Crippen molar-refractivity contribution in [2.24, 2.45) is 0 Å². The summed E-state index contributed by atoms with van der Waals surface area (Å²) in [4.78, 5) is 4.36. The molecular weight excluding hydrogens is 276 g/mol. The summed E-state index contributed by atoms with van der Waals surface area (Å²) in [7, 11) is 0. The largest absolute Gasteiger partial charge is 0.376 e. The number of rotatable bonds is 5. The quantitative estimate of drug-likeness (QED) is 0.861. The summed E-state index contributed by atoms with van der Waals surface area (Å²) in [5, 5.41) is 8.14. The van der Waals surface area contributed by atoms with E-state index in [2.05, 4.69) is 15.4 Å². The van der Waals surface area contributed by atoms with Crippen LogP contribution in [-0.4, -0.2) is 33.9 Å². The lowest BCUT2D eigenvalue weighted by molar-refractivity contribution is 0.0347. The SMILES string of the molecule is Clc1ccc2nc(NCCOC3CCCCC3)nn2c1. The molecule has 0 radical (unpaired) electrons. The fourth-order valence-corrected chi connectivity index (χ4v) is 2.71. The first-order valence-electron chi connectivity index (χ1n) is 7.19. The lowest BCUT2D eigenvalue weighted by Gasteiger charge is -2.21. The molecule has 0 bridgehead atoms. The number of hydrogen-bond donors (Lipinski definition) is 1. The van der Waals surface area contributed by atoms with E-state index in [1.165, 1.54) is 32.1 Å². The number of aromatic nitrogens is 3. The average molecular weight is 295 g/mol. The Morgan fingerprint density at radius 2 is 2.15 bits per heavy atom. The van der Waals surface area contributed by atoms with Gasteiger partial charge in [-0.05, 0) is 25.0 Å². The molecule has 0 atom stereocenters. The van der Waals surface area contributed by atoms with Gasteiger partial charge in [0.05, 0.1) is 17.7 Å². The Morgan fingerprint density at radius 1 is 1.30 bits per heavy atom. The third kappa shape index (κ3) is 3.41. The van der Waals surface area contributed by atoms with Gasteiger partial charge in [-0.1, -0.05) is 30.9 Å². The molecule has 1 fully saturated rings. The van der Waals surface area contributed by atoms with Crippen LogP contribution in [0, 0.1) is 0 Å². The average Bonchev–Trinajstić information content (AvgIpc) is 2.86. The van der Waals surface area contributed by atoms with Crippen LogP contribution in [0.5, 0.6) is 0 Å². The van der Waals surface area contributed by atoms with Gasteiger partial charge in [0.25, 0.3) is 0 Å². The predicted octanol–water partition coefficient (Wildman–Crippen LogP) is 3.14. The van der Waals surface area contributed by atoms with Gasteiger partial charge < -0.3 is 10.1 Å². The summed E-state index contributed by atoms with van der Waals surface area (Å²) in [5.41, 5.74) is 0.782. The van der Waals surface area contributed by atoms with E-state index < -0.39 is 0 Å². The van der Waals surface area contributed by atoms with Crippen molar-refractivity contribution >= 4 is 23.2 Å². The molecule has 2 aromatic heterocycles. The minimum atomic E-state index is 0.443. The topological polar surface area (TPSA) is 51.5 Å². The first-order valence-corrected chi connectivity index (χ1v) is 7.56. The molecule has 1 aliphatic carbocycles. The molecule has 1 N–H and O–H groups in total. The van der Waals surface area contributed by atoms with E-state index in [4.69, 9.17) is 16.3 Å². The zero-order chi connectivity index (χ0) is 13.8. The van der Waals surface area contributed by atoms with Crippen LogP contribution >= 0.6 is 11.6 Å². The second kappa shape index (κ2) is 6.41. The molecule has 1 aliphatic rings. The van der Waals surface area contributed by atoms with E-state index in [1.807, 2.05) is 12.1 Å². The number of ether oxygens (including phenoxy) is 1. The first-order chi connectivity index (χ1) is 9.81. The predicted molar refractivity (Wildman–Crippen MR) is 79.3 cm³/mol. The Morgan fingerprint density at radius 3 is 3.00 bits per heavy atom. The highest BCUT2D eigenvalue weighted by molar-refractivity contribution is 6.30. The maximum Gasteiger partial charge on any atom is 0.243 e. The molecular formula is C14H19ClN4O. The lowest BCUT2D eigenvalue weighted by Crippen LogP contribution is -2.20. The van der Waals surface area contributed by atoms with E-state index in [-0.39, 0.29) is 0 Å². The van der Waals surface area contributed by atoms with Crippen LogP contribution in [0.3, 0.4) is 0 Å². The Labute approximate surface area is 123 Å². The van der Waals surface area contributed by atoms with Gasteiger partial charge in [0, 0.05) is 12.7 Å². The summed E-state index contributed by atoms with van der Waals surface area (Å²) < 4.78 is 7.53. The zero-order valence-corrected chi connectivity index (χ0v) is 12.1. The Balaban J connectivity index is 1.47. The number of fused-ring (bicyclic) bond motifs is 1. The molecule has 108 valence electrons. The second-order valence-corrected chi connectivity index (χ2v) is 5.58. The van der Waals surface area contributed by atoms with Crippen LogP contribution in [0.2, 0.25) is 5.02 Å². The molecule has 0 aliphatic heterocycles. The minimum absolute atomic E-state index is 0.443. The molecule has 6 heteroatoms. The summed E-state index contributed by atoms with van der Waals surface area (Å²) in [6, 6.07) is 3.65. The summed E-state index contributed by atoms with van der Waals surface area (Å²) in [6.45, 7) is 1.42. The Bertz CT molecular complexity index is 565. The van der Waals surface area contributed by atoms with Crippen LogP contribution < -0.4 is 5.32 Å². The van der Waals surface area contributed by atoms with Crippen molar-refractivity contribution in [1.29, 1.82) is 0 Å². The van der Waals surface area contributed by atoms with Crippen molar-refractivity contribution in [3.8, 4) is 0 Å². The highest BCUT2D eigenvalue weighted by atomic mass is 35.5. The monoisotopic (exact) mass is 294 g/mol. The van der Waals surface area contributed by atoms with Crippen molar-refractivity contribution in [2.75, 3.05) is 18.5 Å². The lowest BCUT2D eigenvalue weighted by atomic mass is 9.98. The maximum absolute atomic E-state index is 5.91. The second-order valence-electron chi connectivity index (χ2n) is 5.14. The highest BCUT2D eigenvalue weighted by Crippen LogP contribution is 2.20. The van der Waals surface area contributed by atoms with Gasteiger partial charge in [0.1, 0.15) is 0 Å². The molecule has 20 heavy (non-hydrogen) atoms. The molecule has 0 saturated heterocycles. The number of pyridine rings is 1. The standard InChI is InChI=1S/C14H19ClN4O/c15-11-6-7-13-17-14(18-19(13)10-11)16-8-9-20-12-4-2-1-3-5-12/h6-7,10,12H,1-5,8-9H2,(H,16,18). The summed E-state index contributed by atoms with van der Waals surface area (Å²) in [6.07, 6.45) is 8.54. The fraction of sp³-hybridized carbons (Fsp3) is 0.571. The van der Waals surface area contributed by atoms with Crippen molar-refractivity contribution in [3.63, 3.8) is 0 Å². The normalized spacial score (nSPS) is 16.6. The van der Waals surface area contributed by atoms with E-state index >= 15 is 0 Å². The van der Waals surface area contributed by atoms with E-state index in [9.17, 15) is 0 Å². The van der Waals surface area contributed by atoms with Crippen LogP contribution in [0.25, 0.3) is 5.65 Å². The van der Waals surface area contributed by atoms with Gasteiger partial charge in [-0.2, -0.15) is 4.98 Å². The van der Waals surface area contributed by atoms with Gasteiger partial charge in [-0.25, -0.2) is 4.52 Å². The zero-order valence-electron chi connectivity index (χ0n) is 11.4. The summed E-state index contributed by atoms with van der Waals surface area (Å²) >= 11 is 5.91. The van der Waals surface area contributed by atoms with Gasteiger partial charge in [-0.3, -0.25) is 0 Å². The molecule has 2 heterocycles. The molecule has 0 spiro atoms. The van der Waals surface area contributed by atoms with E-state index in [0.29, 0.717) is 23.7 Å². The minimum Gasteiger partial charge on any atom is -0.376 e. The maximum atomic E-state index is 5.91. The van der Waals surface area contributed by atoms with Gasteiger partial charge in [0.2, 0.25) is 5.95 Å².